The van der Waals surface area contributed by atoms with E-state index in [1.807, 2.05) is 0 Å². The van der Waals surface area contributed by atoms with E-state index in [0.717, 1.165) is 0 Å². The summed E-state index contributed by atoms with van der Waals surface area (Å²) in [5, 5.41) is 7.28. The number of hydrogen-bond donors (Lipinski definition) is 2. The summed E-state index contributed by atoms with van der Waals surface area (Å²) in [6.45, 7) is -0.180. The van der Waals surface area contributed by atoms with Gasteiger partial charge >= 0.3 is 0 Å². The van der Waals surface area contributed by atoms with Crippen LogP contribution >= 0.6 is 11.6 Å². The molecule has 0 atom stereocenters. The average Bonchev–Trinajstić information content (AvgIpc) is 2.79. The third-order valence-corrected chi connectivity index (χ3v) is 4.34. The predicted molar refractivity (Wildman–Crippen MR) is 120 cm³/mol. The highest BCUT2D eigenvalue weighted by molar-refractivity contribution is 6.30. The van der Waals surface area contributed by atoms with Gasteiger partial charge in [-0.2, -0.15) is 5.10 Å². The third kappa shape index (κ3) is 6.87. The number of ether oxygens (including phenoxy) is 2. The average molecular weight is 438 g/mol. The summed E-state index contributed by atoms with van der Waals surface area (Å²) in [5.74, 6) is 0.589. The van der Waals surface area contributed by atoms with Crippen molar-refractivity contribution in [1.82, 2.24) is 5.43 Å². The molecule has 3 rings (SSSR count). The van der Waals surface area contributed by atoms with E-state index in [2.05, 4.69) is 15.8 Å². The van der Waals surface area contributed by atoms with Crippen molar-refractivity contribution in [2.24, 2.45) is 5.10 Å². The molecule has 0 fully saturated rings. The van der Waals surface area contributed by atoms with E-state index in [9.17, 15) is 9.59 Å². The Labute approximate surface area is 184 Å². The van der Waals surface area contributed by atoms with Crippen LogP contribution in [0.4, 0.5) is 5.69 Å². The Bertz CT molecular complexity index is 1070. The maximum atomic E-state index is 12.3. The quantitative estimate of drug-likeness (QED) is 0.409. The molecule has 0 spiro atoms. The Morgan fingerprint density at radius 1 is 1.00 bits per heavy atom. The minimum Gasteiger partial charge on any atom is -0.497 e. The zero-order valence-electron chi connectivity index (χ0n) is 16.7. The smallest absolute Gasteiger partial charge is 0.277 e. The van der Waals surface area contributed by atoms with Crippen molar-refractivity contribution in [3.05, 3.63) is 88.9 Å². The van der Waals surface area contributed by atoms with Gasteiger partial charge in [-0.05, 0) is 66.2 Å². The Balaban J connectivity index is 1.49. The fourth-order valence-electron chi connectivity index (χ4n) is 2.53. The van der Waals surface area contributed by atoms with Gasteiger partial charge in [0.25, 0.3) is 11.8 Å². The lowest BCUT2D eigenvalue weighted by molar-refractivity contribution is -0.123. The molecule has 8 heteroatoms. The summed E-state index contributed by atoms with van der Waals surface area (Å²) in [7, 11) is 1.57. The first-order valence-corrected chi connectivity index (χ1v) is 9.67. The third-order valence-electron chi connectivity index (χ3n) is 4.08. The van der Waals surface area contributed by atoms with E-state index in [0.29, 0.717) is 33.3 Å². The number of hydrogen-bond acceptors (Lipinski definition) is 5. The summed E-state index contributed by atoms with van der Waals surface area (Å²) in [4.78, 5) is 24.2. The SMILES string of the molecule is COc1ccc(OCC(=O)N/N=C/c2cccc(NC(=O)c3ccc(Cl)cc3)c2)cc1. The van der Waals surface area contributed by atoms with Crippen molar-refractivity contribution in [3.63, 3.8) is 0 Å². The lowest BCUT2D eigenvalue weighted by atomic mass is 10.2. The molecule has 2 amide bonds. The Morgan fingerprint density at radius 3 is 2.42 bits per heavy atom. The number of halogens is 1. The normalized spacial score (nSPS) is 10.5. The number of amides is 2. The van der Waals surface area contributed by atoms with Crippen molar-refractivity contribution < 1.29 is 19.1 Å². The molecule has 0 heterocycles. The van der Waals surface area contributed by atoms with Crippen molar-refractivity contribution in [3.8, 4) is 11.5 Å². The number of anilines is 1. The minimum absolute atomic E-state index is 0.180. The molecule has 158 valence electrons. The molecule has 31 heavy (non-hydrogen) atoms. The zero-order valence-corrected chi connectivity index (χ0v) is 17.4. The van der Waals surface area contributed by atoms with Crippen molar-refractivity contribution in [2.45, 2.75) is 0 Å². The molecule has 0 saturated carbocycles. The number of rotatable bonds is 8. The molecule has 0 aliphatic heterocycles. The summed E-state index contributed by atoms with van der Waals surface area (Å²) in [5.41, 5.74) is 4.18. The number of hydrazone groups is 1. The summed E-state index contributed by atoms with van der Waals surface area (Å²) >= 11 is 5.84. The van der Waals surface area contributed by atoms with Crippen LogP contribution in [0.15, 0.2) is 77.9 Å². The highest BCUT2D eigenvalue weighted by atomic mass is 35.5. The van der Waals surface area contributed by atoms with Gasteiger partial charge in [0.15, 0.2) is 6.61 Å². The van der Waals surface area contributed by atoms with Gasteiger partial charge in [-0.25, -0.2) is 5.43 Å². The van der Waals surface area contributed by atoms with Crippen LogP contribution in [-0.2, 0) is 4.79 Å². The largest absolute Gasteiger partial charge is 0.497 e. The minimum atomic E-state index is -0.403. The summed E-state index contributed by atoms with van der Waals surface area (Å²) in [6.07, 6.45) is 1.48. The number of carbonyl (C=O) groups is 2. The Hall–Kier alpha value is -3.84. The highest BCUT2D eigenvalue weighted by Crippen LogP contribution is 2.17. The van der Waals surface area contributed by atoms with Crippen molar-refractivity contribution >= 4 is 35.3 Å². The van der Waals surface area contributed by atoms with E-state index in [4.69, 9.17) is 21.1 Å². The molecule has 3 aromatic carbocycles. The van der Waals surface area contributed by atoms with Gasteiger partial charge in [-0.1, -0.05) is 23.7 Å². The van der Waals surface area contributed by atoms with Gasteiger partial charge in [-0.15, -0.1) is 0 Å². The lowest BCUT2D eigenvalue weighted by Crippen LogP contribution is -2.24. The summed E-state index contributed by atoms with van der Waals surface area (Å²) in [6, 6.07) is 20.5. The molecule has 0 radical (unpaired) electrons. The van der Waals surface area contributed by atoms with Crippen molar-refractivity contribution in [1.29, 1.82) is 0 Å². The predicted octanol–water partition coefficient (Wildman–Crippen LogP) is 4.13. The molecular weight excluding hydrogens is 418 g/mol. The number of nitrogens with zero attached hydrogens (tertiary/aromatic N) is 1. The first-order valence-electron chi connectivity index (χ1n) is 9.29. The molecule has 0 unspecified atom stereocenters. The van der Waals surface area contributed by atoms with Gasteiger partial charge < -0.3 is 14.8 Å². The van der Waals surface area contributed by atoms with E-state index < -0.39 is 5.91 Å². The standard InChI is InChI=1S/C23H20ClN3O4/c1-30-20-9-11-21(12-10-20)31-15-22(28)27-25-14-16-3-2-4-19(13-16)26-23(29)17-5-7-18(24)8-6-17/h2-14H,15H2,1H3,(H,26,29)(H,27,28)/b25-14+. The van der Waals surface area contributed by atoms with E-state index >= 15 is 0 Å². The molecule has 3 aromatic rings. The van der Waals surface area contributed by atoms with Gasteiger partial charge in [0.2, 0.25) is 0 Å². The van der Waals surface area contributed by atoms with Gasteiger partial charge in [0, 0.05) is 16.3 Å². The number of methoxy groups -OCH3 is 1. The molecule has 0 saturated heterocycles. The molecule has 0 aromatic heterocycles. The van der Waals surface area contributed by atoms with Gasteiger partial charge in [0.05, 0.1) is 13.3 Å². The molecule has 0 aliphatic rings. The van der Waals surface area contributed by atoms with Crippen LogP contribution in [0.1, 0.15) is 15.9 Å². The second-order valence-electron chi connectivity index (χ2n) is 6.34. The van der Waals surface area contributed by atoms with Crippen LogP contribution < -0.4 is 20.2 Å². The zero-order chi connectivity index (χ0) is 22.1. The van der Waals surface area contributed by atoms with E-state index in [-0.39, 0.29) is 12.5 Å². The van der Waals surface area contributed by atoms with E-state index in [1.165, 1.54) is 6.21 Å². The molecule has 0 bridgehead atoms. The van der Waals surface area contributed by atoms with E-state index in [1.54, 1.807) is 79.9 Å². The van der Waals surface area contributed by atoms with Crippen molar-refractivity contribution in [2.75, 3.05) is 19.0 Å². The Morgan fingerprint density at radius 2 is 1.71 bits per heavy atom. The van der Waals surface area contributed by atoms with Crippen LogP contribution in [0, 0.1) is 0 Å². The first kappa shape index (κ1) is 21.9. The molecule has 2 N–H and O–H groups in total. The van der Waals surface area contributed by atoms with Gasteiger partial charge in [0.1, 0.15) is 11.5 Å². The summed E-state index contributed by atoms with van der Waals surface area (Å²) < 4.78 is 10.4. The molecular formula is C23H20ClN3O4. The second kappa shape index (κ2) is 10.8. The second-order valence-corrected chi connectivity index (χ2v) is 6.78. The monoisotopic (exact) mass is 437 g/mol. The van der Waals surface area contributed by atoms with Crippen LogP contribution in [0.3, 0.4) is 0 Å². The lowest BCUT2D eigenvalue weighted by Gasteiger charge is -2.07. The van der Waals surface area contributed by atoms with Crippen LogP contribution in [0.5, 0.6) is 11.5 Å². The fourth-order valence-corrected chi connectivity index (χ4v) is 2.66. The number of nitrogens with one attached hydrogen (secondary N) is 2. The van der Waals surface area contributed by atoms with Gasteiger partial charge in [-0.3, -0.25) is 9.59 Å². The number of benzene rings is 3. The molecule has 7 nitrogen and oxygen atoms in total. The Kier molecular flexibility index (Phi) is 7.61. The number of carbonyl (C=O) groups excluding carboxylic acids is 2. The van der Waals surface area contributed by atoms with Crippen LogP contribution in [0.2, 0.25) is 5.02 Å². The van der Waals surface area contributed by atoms with Crippen LogP contribution in [-0.4, -0.2) is 31.7 Å². The first-order chi connectivity index (χ1) is 15.0. The maximum Gasteiger partial charge on any atom is 0.277 e. The topological polar surface area (TPSA) is 89.0 Å². The fraction of sp³-hybridized carbons (Fsp3) is 0.0870. The molecule has 0 aliphatic carbocycles. The highest BCUT2D eigenvalue weighted by Gasteiger charge is 2.06. The van der Waals surface area contributed by atoms with Crippen LogP contribution in [0.25, 0.3) is 0 Å². The maximum absolute atomic E-state index is 12.3.